The normalized spacial score (nSPS) is 18.3. The van der Waals surface area contributed by atoms with Gasteiger partial charge in [0, 0.05) is 30.4 Å². The fourth-order valence-corrected chi connectivity index (χ4v) is 5.70. The molecule has 0 bridgehead atoms. The lowest BCUT2D eigenvalue weighted by Gasteiger charge is -2.47. The summed E-state index contributed by atoms with van der Waals surface area (Å²) >= 11 is 0. The fourth-order valence-electron chi connectivity index (χ4n) is 4.11. The van der Waals surface area contributed by atoms with Gasteiger partial charge in [-0.15, -0.1) is 0 Å². The second-order valence-corrected chi connectivity index (χ2v) is 16.5. The van der Waals surface area contributed by atoms with Crippen molar-refractivity contribution in [3.63, 3.8) is 0 Å². The number of nitrogens with zero attached hydrogens (tertiary/aromatic N) is 2. The molecule has 4 rings (SSSR count). The molecule has 0 aliphatic carbocycles. The van der Waals surface area contributed by atoms with Crippen LogP contribution in [0.15, 0.2) is 41.4 Å². The molecule has 0 unspecified atom stereocenters. The van der Waals surface area contributed by atoms with Gasteiger partial charge in [-0.2, -0.15) is 0 Å². The van der Waals surface area contributed by atoms with Crippen molar-refractivity contribution in [2.24, 2.45) is 10.6 Å². The van der Waals surface area contributed by atoms with Crippen LogP contribution in [0.1, 0.15) is 23.2 Å². The first-order valence-corrected chi connectivity index (χ1v) is 15.8. The number of piperidine rings is 1. The van der Waals surface area contributed by atoms with Gasteiger partial charge in [0.1, 0.15) is 5.82 Å². The van der Waals surface area contributed by atoms with Crippen LogP contribution in [0.3, 0.4) is 0 Å². The van der Waals surface area contributed by atoms with E-state index < -0.39 is 18.1 Å². The lowest BCUT2D eigenvalue weighted by Crippen LogP contribution is -2.51. The van der Waals surface area contributed by atoms with E-state index in [0.29, 0.717) is 17.1 Å². The molecule has 2 fully saturated rings. The summed E-state index contributed by atoms with van der Waals surface area (Å²) in [5.41, 5.74) is 1.16. The molecule has 1 amide bonds. The Morgan fingerprint density at radius 3 is 2.44 bits per heavy atom. The van der Waals surface area contributed by atoms with Crippen LogP contribution in [0.25, 0.3) is 0 Å². The molecular formula is C22H30N4O4SSi. The van der Waals surface area contributed by atoms with Gasteiger partial charge >= 0.3 is 0 Å². The molecule has 8 nitrogen and oxygen atoms in total. The maximum atomic E-state index is 13.3. The molecule has 172 valence electrons. The number of anilines is 2. The highest BCUT2D eigenvalue weighted by molar-refractivity contribution is 7.89. The summed E-state index contributed by atoms with van der Waals surface area (Å²) in [6.45, 7) is 9.91. The number of hydrogen-bond acceptors (Lipinski definition) is 6. The molecule has 10 heteroatoms. The molecule has 2 saturated heterocycles. The van der Waals surface area contributed by atoms with Gasteiger partial charge < -0.3 is 15.0 Å². The summed E-state index contributed by atoms with van der Waals surface area (Å²) < 4.78 is 28.8. The van der Waals surface area contributed by atoms with Gasteiger partial charge in [0.25, 0.3) is 5.91 Å². The van der Waals surface area contributed by atoms with Crippen LogP contribution >= 0.6 is 0 Å². The number of aromatic nitrogens is 1. The fraction of sp³-hybridized carbons (Fsp3) is 0.455. The Morgan fingerprint density at radius 1 is 1.19 bits per heavy atom. The first-order chi connectivity index (χ1) is 15.0. The zero-order chi connectivity index (χ0) is 23.1. The first kappa shape index (κ1) is 22.9. The number of pyridine rings is 1. The van der Waals surface area contributed by atoms with Gasteiger partial charge in [-0.25, -0.2) is 18.5 Å². The quantitative estimate of drug-likeness (QED) is 0.642. The highest BCUT2D eigenvalue weighted by Crippen LogP contribution is 2.39. The number of hydrogen-bond donors (Lipinski definition) is 2. The van der Waals surface area contributed by atoms with Crippen LogP contribution in [0.2, 0.25) is 19.6 Å². The van der Waals surface area contributed by atoms with Crippen molar-refractivity contribution < 1.29 is 17.9 Å². The summed E-state index contributed by atoms with van der Waals surface area (Å²) in [5.74, 6) is 0.355. The number of amides is 1. The highest BCUT2D eigenvalue weighted by Gasteiger charge is 2.41. The Balaban J connectivity index is 1.64. The van der Waals surface area contributed by atoms with Crippen LogP contribution in [0, 0.1) is 5.41 Å². The molecule has 3 heterocycles. The third kappa shape index (κ3) is 4.73. The van der Waals surface area contributed by atoms with E-state index in [2.05, 4.69) is 29.9 Å². The molecular weight excluding hydrogens is 444 g/mol. The van der Waals surface area contributed by atoms with Gasteiger partial charge in [-0.05, 0) is 42.3 Å². The van der Waals surface area contributed by atoms with Crippen LogP contribution in [-0.2, 0) is 14.8 Å². The van der Waals surface area contributed by atoms with Gasteiger partial charge in [0.2, 0.25) is 10.0 Å². The predicted molar refractivity (Wildman–Crippen MR) is 128 cm³/mol. The minimum Gasteiger partial charge on any atom is -0.380 e. The lowest BCUT2D eigenvalue weighted by molar-refractivity contribution is -0.124. The minimum atomic E-state index is -3.86. The number of ether oxygens (including phenoxy) is 1. The monoisotopic (exact) mass is 474 g/mol. The van der Waals surface area contributed by atoms with Crippen LogP contribution in [0.5, 0.6) is 0 Å². The number of sulfonamides is 1. The first-order valence-electron chi connectivity index (χ1n) is 10.7. The van der Waals surface area contributed by atoms with Crippen molar-refractivity contribution in [2.45, 2.75) is 37.4 Å². The number of carbonyl (C=O) groups excluding carboxylic acids is 1. The topological polar surface area (TPSA) is 115 Å². The average molecular weight is 475 g/mol. The summed E-state index contributed by atoms with van der Waals surface area (Å²) in [5, 5.41) is 9.16. The van der Waals surface area contributed by atoms with Crippen molar-refractivity contribution in [1.82, 2.24) is 4.98 Å². The van der Waals surface area contributed by atoms with Crippen LogP contribution in [-0.4, -0.2) is 53.7 Å². The largest absolute Gasteiger partial charge is 0.380 e. The molecule has 2 aliphatic rings. The van der Waals surface area contributed by atoms with Gasteiger partial charge in [0.05, 0.1) is 31.7 Å². The zero-order valence-corrected chi connectivity index (χ0v) is 20.5. The summed E-state index contributed by atoms with van der Waals surface area (Å²) in [6, 6.07) is 7.91. The second-order valence-electron chi connectivity index (χ2n) is 9.85. The summed E-state index contributed by atoms with van der Waals surface area (Å²) in [6.07, 6.45) is 3.93. The van der Waals surface area contributed by atoms with Gasteiger partial charge in [-0.3, -0.25) is 4.79 Å². The molecule has 32 heavy (non-hydrogen) atoms. The molecule has 2 aromatic rings. The number of benzene rings is 1. The smallest absolute Gasteiger partial charge is 0.259 e. The van der Waals surface area contributed by atoms with Crippen molar-refractivity contribution in [3.05, 3.63) is 42.1 Å². The van der Waals surface area contributed by atoms with Gasteiger partial charge in [-0.1, -0.05) is 25.7 Å². The van der Waals surface area contributed by atoms with E-state index in [-0.39, 0.29) is 16.2 Å². The zero-order valence-electron chi connectivity index (χ0n) is 18.7. The number of nitrogens with two attached hydrogens (primary N) is 1. The Morgan fingerprint density at radius 2 is 1.88 bits per heavy atom. The van der Waals surface area contributed by atoms with Crippen LogP contribution < -0.4 is 20.5 Å². The van der Waals surface area contributed by atoms with E-state index in [1.54, 1.807) is 12.1 Å². The standard InChI is InChI=1S/C22H30N4O4SSi/c1-32(2,3)18-12-19(21(27)25-16-5-4-6-17(11-16)31(23,28)29)20(24-13-18)26-9-7-22(8-10-26)14-30-15-22/h4-6,11-13H,7-10,14-15H2,1-3H3,(H,25,27)(H2,23,28,29). The third-order valence-corrected chi connectivity index (χ3v) is 9.25. The van der Waals surface area contributed by atoms with E-state index in [1.165, 1.54) is 12.1 Å². The van der Waals surface area contributed by atoms with E-state index in [9.17, 15) is 13.2 Å². The van der Waals surface area contributed by atoms with Crippen molar-refractivity contribution in [2.75, 3.05) is 36.5 Å². The highest BCUT2D eigenvalue weighted by atomic mass is 32.2. The summed E-state index contributed by atoms with van der Waals surface area (Å²) in [7, 11) is -5.56. The number of primary sulfonamides is 1. The average Bonchev–Trinajstić information content (AvgIpc) is 2.71. The molecule has 1 aromatic carbocycles. The number of nitrogens with one attached hydrogen (secondary N) is 1. The molecule has 1 aromatic heterocycles. The molecule has 0 saturated carbocycles. The second kappa shape index (κ2) is 8.25. The molecule has 0 radical (unpaired) electrons. The van der Waals surface area contributed by atoms with Crippen molar-refractivity contribution >= 4 is 40.7 Å². The summed E-state index contributed by atoms with van der Waals surface area (Å²) in [4.78, 5) is 20.2. The third-order valence-electron chi connectivity index (χ3n) is 6.34. The van der Waals surface area contributed by atoms with Crippen molar-refractivity contribution in [3.8, 4) is 0 Å². The molecule has 0 atom stereocenters. The van der Waals surface area contributed by atoms with Crippen molar-refractivity contribution in [1.29, 1.82) is 0 Å². The molecule has 1 spiro atoms. The minimum absolute atomic E-state index is 0.0476. The molecule has 2 aliphatic heterocycles. The number of rotatable bonds is 5. The van der Waals surface area contributed by atoms with E-state index in [1.807, 2.05) is 12.3 Å². The Bertz CT molecular complexity index is 1130. The van der Waals surface area contributed by atoms with E-state index in [4.69, 9.17) is 14.9 Å². The maximum Gasteiger partial charge on any atom is 0.259 e. The van der Waals surface area contributed by atoms with E-state index in [0.717, 1.165) is 44.3 Å². The maximum absolute atomic E-state index is 13.3. The number of carbonyl (C=O) groups is 1. The molecule has 3 N–H and O–H groups in total. The Kier molecular flexibility index (Phi) is 5.91. The Hall–Kier alpha value is -2.27. The lowest BCUT2D eigenvalue weighted by atomic mass is 9.77. The SMILES string of the molecule is C[Si](C)(C)c1cnc(N2CCC3(CC2)COC3)c(C(=O)Nc2cccc(S(N)(=O)=O)c2)c1. The predicted octanol–water partition coefficient (Wildman–Crippen LogP) is 2.14. The van der Waals surface area contributed by atoms with Crippen LogP contribution in [0.4, 0.5) is 11.5 Å². The van der Waals surface area contributed by atoms with Gasteiger partial charge in [0.15, 0.2) is 0 Å². The Labute approximate surface area is 190 Å². The van der Waals surface area contributed by atoms with E-state index >= 15 is 0 Å².